The Hall–Kier alpha value is -1.44. The molecule has 2 aromatic rings. The van der Waals surface area contributed by atoms with Crippen LogP contribution in [0.2, 0.25) is 0 Å². The van der Waals surface area contributed by atoms with Crippen LogP contribution in [0.25, 0.3) is 0 Å². The second kappa shape index (κ2) is 5.68. The molecule has 0 atom stereocenters. The van der Waals surface area contributed by atoms with Crippen molar-refractivity contribution in [3.8, 4) is 0 Å². The zero-order chi connectivity index (χ0) is 13.9. The maximum atomic E-state index is 12.2. The summed E-state index contributed by atoms with van der Waals surface area (Å²) in [6, 6.07) is 8.20. The molecule has 3 N–H and O–H groups in total. The van der Waals surface area contributed by atoms with Crippen LogP contribution in [0.1, 0.15) is 5.56 Å². The van der Waals surface area contributed by atoms with Crippen LogP contribution in [0.5, 0.6) is 0 Å². The van der Waals surface area contributed by atoms with Gasteiger partial charge in [-0.3, -0.25) is 4.98 Å². The molecule has 0 bridgehead atoms. The number of benzene rings is 1. The minimum Gasteiger partial charge on any atom is -0.398 e. The van der Waals surface area contributed by atoms with Crippen molar-refractivity contribution >= 4 is 31.6 Å². The van der Waals surface area contributed by atoms with Gasteiger partial charge in [0.25, 0.3) is 0 Å². The van der Waals surface area contributed by atoms with E-state index in [4.69, 9.17) is 5.73 Å². The third kappa shape index (κ3) is 3.52. The largest absolute Gasteiger partial charge is 0.398 e. The van der Waals surface area contributed by atoms with E-state index >= 15 is 0 Å². The van der Waals surface area contributed by atoms with Gasteiger partial charge in [0.2, 0.25) is 10.0 Å². The number of nitrogens with zero attached hydrogens (tertiary/aromatic N) is 1. The SMILES string of the molecule is Nc1ccc(Br)cc1S(=O)(=O)NCc1ccncc1. The highest BCUT2D eigenvalue weighted by atomic mass is 79.9. The van der Waals surface area contributed by atoms with Crippen LogP contribution in [-0.2, 0) is 16.6 Å². The van der Waals surface area contributed by atoms with Crippen molar-refractivity contribution in [1.82, 2.24) is 9.71 Å². The standard InChI is InChI=1S/C12H12BrN3O2S/c13-10-1-2-11(14)12(7-10)19(17,18)16-8-9-3-5-15-6-4-9/h1-7,16H,8,14H2. The van der Waals surface area contributed by atoms with Gasteiger partial charge < -0.3 is 5.73 Å². The number of sulfonamides is 1. The Labute approximate surface area is 120 Å². The zero-order valence-corrected chi connectivity index (χ0v) is 12.3. The topological polar surface area (TPSA) is 85.1 Å². The molecule has 0 spiro atoms. The molecule has 1 aromatic heterocycles. The van der Waals surface area contributed by atoms with Crippen LogP contribution in [0, 0.1) is 0 Å². The molecule has 0 saturated heterocycles. The number of hydrogen-bond donors (Lipinski definition) is 2. The molecule has 2 rings (SSSR count). The lowest BCUT2D eigenvalue weighted by atomic mass is 10.3. The van der Waals surface area contributed by atoms with Gasteiger partial charge in [-0.25, -0.2) is 13.1 Å². The van der Waals surface area contributed by atoms with Crippen LogP contribution in [-0.4, -0.2) is 13.4 Å². The summed E-state index contributed by atoms with van der Waals surface area (Å²) in [5.74, 6) is 0. The van der Waals surface area contributed by atoms with E-state index in [0.717, 1.165) is 5.56 Å². The molecule has 7 heteroatoms. The summed E-state index contributed by atoms with van der Waals surface area (Å²) in [5.41, 5.74) is 6.73. The van der Waals surface area contributed by atoms with Crippen LogP contribution < -0.4 is 10.5 Å². The molecule has 0 unspecified atom stereocenters. The van der Waals surface area contributed by atoms with Gasteiger partial charge >= 0.3 is 0 Å². The van der Waals surface area contributed by atoms with Gasteiger partial charge in [0, 0.05) is 23.4 Å². The molecule has 0 fully saturated rings. The van der Waals surface area contributed by atoms with Crippen LogP contribution in [0.15, 0.2) is 52.1 Å². The maximum Gasteiger partial charge on any atom is 0.242 e. The Kier molecular flexibility index (Phi) is 4.18. The van der Waals surface area contributed by atoms with E-state index in [-0.39, 0.29) is 17.1 Å². The molecule has 100 valence electrons. The lowest BCUT2D eigenvalue weighted by molar-refractivity contribution is 0.581. The van der Waals surface area contributed by atoms with Gasteiger partial charge in [0.05, 0.1) is 5.69 Å². The fourth-order valence-electron chi connectivity index (χ4n) is 1.50. The van der Waals surface area contributed by atoms with Crippen LogP contribution in [0.3, 0.4) is 0 Å². The molecule has 1 aromatic carbocycles. The molecular weight excluding hydrogens is 330 g/mol. The number of nitrogen functional groups attached to an aromatic ring is 1. The molecule has 0 aliphatic carbocycles. The number of hydrogen-bond acceptors (Lipinski definition) is 4. The molecule has 1 heterocycles. The summed E-state index contributed by atoms with van der Waals surface area (Å²) in [6.45, 7) is 0.191. The first kappa shape index (κ1) is 14.0. The number of rotatable bonds is 4. The van der Waals surface area contributed by atoms with Gasteiger partial charge in [0.1, 0.15) is 4.90 Å². The Morgan fingerprint density at radius 3 is 2.58 bits per heavy atom. The van der Waals surface area contributed by atoms with E-state index in [9.17, 15) is 8.42 Å². The first-order chi connectivity index (χ1) is 8.99. The second-order valence-electron chi connectivity index (χ2n) is 3.86. The highest BCUT2D eigenvalue weighted by molar-refractivity contribution is 9.10. The van der Waals surface area contributed by atoms with Gasteiger partial charge in [-0.05, 0) is 35.9 Å². The van der Waals surface area contributed by atoms with Crippen molar-refractivity contribution in [2.75, 3.05) is 5.73 Å². The minimum atomic E-state index is -3.64. The predicted molar refractivity (Wildman–Crippen MR) is 76.8 cm³/mol. The summed E-state index contributed by atoms with van der Waals surface area (Å²) in [7, 11) is -3.64. The number of pyridine rings is 1. The highest BCUT2D eigenvalue weighted by Crippen LogP contribution is 2.22. The van der Waals surface area contributed by atoms with E-state index in [1.807, 2.05) is 0 Å². The van der Waals surface area contributed by atoms with E-state index in [1.165, 1.54) is 6.07 Å². The monoisotopic (exact) mass is 341 g/mol. The third-order valence-electron chi connectivity index (χ3n) is 2.48. The zero-order valence-electron chi connectivity index (χ0n) is 9.88. The number of anilines is 1. The Morgan fingerprint density at radius 2 is 1.89 bits per heavy atom. The molecule has 0 amide bonds. The predicted octanol–water partition coefficient (Wildman–Crippen LogP) is 1.90. The molecule has 5 nitrogen and oxygen atoms in total. The van der Waals surface area contributed by atoms with E-state index in [1.54, 1.807) is 36.7 Å². The molecule has 0 aliphatic heterocycles. The quantitative estimate of drug-likeness (QED) is 0.831. The summed E-state index contributed by atoms with van der Waals surface area (Å²) in [4.78, 5) is 3.94. The smallest absolute Gasteiger partial charge is 0.242 e. The number of aromatic nitrogens is 1. The van der Waals surface area contributed by atoms with Crippen molar-refractivity contribution in [2.45, 2.75) is 11.4 Å². The molecule has 0 saturated carbocycles. The number of nitrogens with two attached hydrogens (primary N) is 1. The Balaban J connectivity index is 2.21. The molecule has 19 heavy (non-hydrogen) atoms. The van der Waals surface area contributed by atoms with Crippen LogP contribution in [0.4, 0.5) is 5.69 Å². The normalized spacial score (nSPS) is 11.4. The molecule has 0 radical (unpaired) electrons. The lowest BCUT2D eigenvalue weighted by Crippen LogP contribution is -2.24. The van der Waals surface area contributed by atoms with Crippen molar-refractivity contribution < 1.29 is 8.42 Å². The number of nitrogens with one attached hydrogen (secondary N) is 1. The van der Waals surface area contributed by atoms with E-state index in [0.29, 0.717) is 4.47 Å². The van der Waals surface area contributed by atoms with Crippen molar-refractivity contribution in [2.24, 2.45) is 0 Å². The van der Waals surface area contributed by atoms with Gasteiger partial charge in [-0.2, -0.15) is 0 Å². The van der Waals surface area contributed by atoms with Crippen molar-refractivity contribution in [3.63, 3.8) is 0 Å². The van der Waals surface area contributed by atoms with E-state index < -0.39 is 10.0 Å². The Morgan fingerprint density at radius 1 is 1.21 bits per heavy atom. The first-order valence-electron chi connectivity index (χ1n) is 5.42. The third-order valence-corrected chi connectivity index (χ3v) is 4.43. The van der Waals surface area contributed by atoms with Gasteiger partial charge in [-0.15, -0.1) is 0 Å². The van der Waals surface area contributed by atoms with Gasteiger partial charge in [0.15, 0.2) is 0 Å². The first-order valence-corrected chi connectivity index (χ1v) is 7.70. The summed E-state index contributed by atoms with van der Waals surface area (Å²) in [5, 5.41) is 0. The summed E-state index contributed by atoms with van der Waals surface area (Å²) >= 11 is 3.23. The average molecular weight is 342 g/mol. The maximum absolute atomic E-state index is 12.2. The molecular formula is C12H12BrN3O2S. The lowest BCUT2D eigenvalue weighted by Gasteiger charge is -2.09. The van der Waals surface area contributed by atoms with Crippen LogP contribution >= 0.6 is 15.9 Å². The Bertz CT molecular complexity index is 675. The summed E-state index contributed by atoms with van der Waals surface area (Å²) in [6.07, 6.45) is 3.22. The second-order valence-corrected chi connectivity index (χ2v) is 6.51. The van der Waals surface area contributed by atoms with Crippen molar-refractivity contribution in [3.05, 3.63) is 52.8 Å². The van der Waals surface area contributed by atoms with Crippen molar-refractivity contribution in [1.29, 1.82) is 0 Å². The number of halogens is 1. The fourth-order valence-corrected chi connectivity index (χ4v) is 3.18. The minimum absolute atomic E-state index is 0.0657. The van der Waals surface area contributed by atoms with E-state index in [2.05, 4.69) is 25.6 Å². The summed E-state index contributed by atoms with van der Waals surface area (Å²) < 4.78 is 27.5. The molecule has 0 aliphatic rings. The average Bonchev–Trinajstić information content (AvgIpc) is 2.40. The van der Waals surface area contributed by atoms with Gasteiger partial charge in [-0.1, -0.05) is 15.9 Å². The highest BCUT2D eigenvalue weighted by Gasteiger charge is 2.17. The fraction of sp³-hybridized carbons (Fsp3) is 0.0833.